The minimum Gasteiger partial charge on any atom is -0.455 e. The van der Waals surface area contributed by atoms with E-state index in [1.54, 1.807) is 0 Å². The van der Waals surface area contributed by atoms with Gasteiger partial charge in [0.05, 0.1) is 5.52 Å². The molecule has 0 spiro atoms. The van der Waals surface area contributed by atoms with Crippen LogP contribution in [0, 0.1) is 0 Å². The van der Waals surface area contributed by atoms with Crippen molar-refractivity contribution in [1.29, 1.82) is 0 Å². The van der Waals surface area contributed by atoms with Gasteiger partial charge in [-0.1, -0.05) is 182 Å². The van der Waals surface area contributed by atoms with Crippen molar-refractivity contribution in [2.75, 3.05) is 0 Å². The highest BCUT2D eigenvalue weighted by Crippen LogP contribution is 2.44. The average molecular weight is 769 g/mol. The Balaban J connectivity index is 0.955. The summed E-state index contributed by atoms with van der Waals surface area (Å²) in [6, 6.07) is 66.2. The third-order valence-electron chi connectivity index (χ3n) is 11.4. The van der Waals surface area contributed by atoms with E-state index in [-0.39, 0.29) is 0 Å². The maximum Gasteiger partial charge on any atom is 0.164 e. The topological polar surface area (TPSA) is 77.8 Å². The Labute approximate surface area is 344 Å². The van der Waals surface area contributed by atoms with Gasteiger partial charge in [0, 0.05) is 60.3 Å². The van der Waals surface area contributed by atoms with E-state index in [4.69, 9.17) is 28.8 Å². The molecule has 0 aliphatic rings. The van der Waals surface area contributed by atoms with Gasteiger partial charge in [0.1, 0.15) is 22.4 Å². The van der Waals surface area contributed by atoms with Crippen molar-refractivity contribution in [2.45, 2.75) is 0 Å². The van der Waals surface area contributed by atoms with E-state index in [1.807, 2.05) is 84.9 Å². The van der Waals surface area contributed by atoms with E-state index in [0.29, 0.717) is 17.5 Å². The second-order valence-corrected chi connectivity index (χ2v) is 14.9. The lowest BCUT2D eigenvalue weighted by Crippen LogP contribution is -2.00. The third-order valence-corrected chi connectivity index (χ3v) is 11.4. The molecule has 0 amide bonds. The van der Waals surface area contributed by atoms with Crippen LogP contribution >= 0.6 is 0 Å². The number of hydrogen-bond donors (Lipinski definition) is 0. The summed E-state index contributed by atoms with van der Waals surface area (Å²) in [7, 11) is 0. The molecule has 12 aromatic rings. The molecule has 8 aromatic carbocycles. The van der Waals surface area contributed by atoms with Gasteiger partial charge >= 0.3 is 0 Å². The maximum absolute atomic E-state index is 6.65. The highest BCUT2D eigenvalue weighted by molar-refractivity contribution is 6.23. The predicted molar refractivity (Wildman–Crippen MR) is 242 cm³/mol. The number of hydrogen-bond acceptors (Lipinski definition) is 6. The van der Waals surface area contributed by atoms with E-state index in [9.17, 15) is 0 Å². The SMILES string of the molecule is c1ccc(-c2nc(-c3ccccc3)nc(-c3ccc(-c4ccc(-c5nc6c(-c7cccc8c7oc7ccccc78)cccc6c6c5oc5ccccc56)cc4)cc3)n2)cc1. The van der Waals surface area contributed by atoms with Gasteiger partial charge in [0.15, 0.2) is 23.1 Å². The molecule has 0 N–H and O–H groups in total. The van der Waals surface area contributed by atoms with Crippen LogP contribution in [0.1, 0.15) is 0 Å². The summed E-state index contributed by atoms with van der Waals surface area (Å²) in [5.74, 6) is 1.90. The molecule has 60 heavy (non-hydrogen) atoms. The van der Waals surface area contributed by atoms with Crippen LogP contribution in [-0.2, 0) is 0 Å². The number of benzene rings is 8. The summed E-state index contributed by atoms with van der Waals surface area (Å²) in [5, 5.41) is 5.32. The zero-order chi connectivity index (χ0) is 39.6. The Morgan fingerprint density at radius 3 is 1.37 bits per heavy atom. The molecule has 4 aromatic heterocycles. The van der Waals surface area contributed by atoms with Gasteiger partial charge in [-0.15, -0.1) is 0 Å². The summed E-state index contributed by atoms with van der Waals surface area (Å²) in [5.41, 5.74) is 12.9. The molecule has 0 radical (unpaired) electrons. The largest absolute Gasteiger partial charge is 0.455 e. The highest BCUT2D eigenvalue weighted by atomic mass is 16.3. The second-order valence-electron chi connectivity index (χ2n) is 14.9. The lowest BCUT2D eigenvalue weighted by molar-refractivity contribution is 0.669. The molecule has 12 rings (SSSR count). The van der Waals surface area contributed by atoms with E-state index < -0.39 is 0 Å². The van der Waals surface area contributed by atoms with E-state index in [2.05, 4.69) is 109 Å². The highest BCUT2D eigenvalue weighted by Gasteiger charge is 2.22. The Morgan fingerprint density at radius 2 is 0.733 bits per heavy atom. The fraction of sp³-hybridized carbons (Fsp3) is 0. The van der Waals surface area contributed by atoms with Gasteiger partial charge in [-0.05, 0) is 23.3 Å². The quantitative estimate of drug-likeness (QED) is 0.168. The molecule has 0 aliphatic heterocycles. The Bertz CT molecular complexity index is 3520. The van der Waals surface area contributed by atoms with Gasteiger partial charge in [-0.2, -0.15) is 0 Å². The molecule has 6 heteroatoms. The van der Waals surface area contributed by atoms with Gasteiger partial charge in [0.25, 0.3) is 0 Å². The van der Waals surface area contributed by atoms with Gasteiger partial charge in [-0.25, -0.2) is 19.9 Å². The first-order valence-electron chi connectivity index (χ1n) is 20.0. The molecule has 0 fully saturated rings. The van der Waals surface area contributed by atoms with Crippen LogP contribution in [0.3, 0.4) is 0 Å². The Kier molecular flexibility index (Phi) is 7.74. The van der Waals surface area contributed by atoms with E-state index >= 15 is 0 Å². The van der Waals surface area contributed by atoms with Crippen LogP contribution < -0.4 is 0 Å². The van der Waals surface area contributed by atoms with Gasteiger partial charge in [0.2, 0.25) is 0 Å². The fourth-order valence-corrected chi connectivity index (χ4v) is 8.45. The number of aromatic nitrogens is 4. The van der Waals surface area contributed by atoms with E-state index in [1.165, 1.54) is 0 Å². The van der Waals surface area contributed by atoms with Gasteiger partial charge < -0.3 is 8.83 Å². The minimum absolute atomic E-state index is 0.623. The standard InChI is InChI=1S/C54H32N4O2/c1-3-13-36(14-4-1)52-56-53(37-15-5-2-6-16-37)58-54(57-52)38-31-27-34(28-32-38)33-25-29-35(30-26-33)48-51-47(43-18-8-10-24-46(43)60-51)44-22-11-19-40(49(44)55-48)42-21-12-20-41-39-17-7-9-23-45(39)59-50(41)42/h1-32H. The predicted octanol–water partition coefficient (Wildman–Crippen LogP) is 14.2. The summed E-state index contributed by atoms with van der Waals surface area (Å²) in [4.78, 5) is 20.1. The van der Waals surface area contributed by atoms with Crippen molar-refractivity contribution in [1.82, 2.24) is 19.9 Å². The summed E-state index contributed by atoms with van der Waals surface area (Å²) >= 11 is 0. The molecule has 0 saturated heterocycles. The summed E-state index contributed by atoms with van der Waals surface area (Å²) < 4.78 is 13.2. The second kappa shape index (κ2) is 13.7. The number of para-hydroxylation sites is 4. The molecule has 0 atom stereocenters. The number of furan rings is 2. The average Bonchev–Trinajstić information content (AvgIpc) is 3.91. The first kappa shape index (κ1) is 33.9. The number of fused-ring (bicyclic) bond motifs is 8. The maximum atomic E-state index is 6.65. The smallest absolute Gasteiger partial charge is 0.164 e. The monoisotopic (exact) mass is 768 g/mol. The van der Waals surface area contributed by atoms with Gasteiger partial charge in [-0.3, -0.25) is 0 Å². The third kappa shape index (κ3) is 5.57. The molecular weight excluding hydrogens is 737 g/mol. The molecule has 0 aliphatic carbocycles. The fourth-order valence-electron chi connectivity index (χ4n) is 8.45. The molecule has 4 heterocycles. The molecule has 0 unspecified atom stereocenters. The van der Waals surface area contributed by atoms with Crippen LogP contribution in [0.4, 0.5) is 0 Å². The lowest BCUT2D eigenvalue weighted by atomic mass is 9.96. The van der Waals surface area contributed by atoms with Crippen molar-refractivity contribution in [3.8, 4) is 67.7 Å². The van der Waals surface area contributed by atoms with Crippen molar-refractivity contribution < 1.29 is 8.83 Å². The molecule has 0 saturated carbocycles. The minimum atomic E-state index is 0.623. The number of rotatable bonds is 6. The molecule has 280 valence electrons. The van der Waals surface area contributed by atoms with Crippen molar-refractivity contribution in [3.63, 3.8) is 0 Å². The molecule has 6 nitrogen and oxygen atoms in total. The van der Waals surface area contributed by atoms with Crippen LogP contribution in [0.2, 0.25) is 0 Å². The van der Waals surface area contributed by atoms with E-state index in [0.717, 1.165) is 105 Å². The first-order valence-corrected chi connectivity index (χ1v) is 20.0. The molecular formula is C54H32N4O2. The zero-order valence-corrected chi connectivity index (χ0v) is 32.1. The molecule has 0 bridgehead atoms. The van der Waals surface area contributed by atoms with Crippen molar-refractivity contribution >= 4 is 54.8 Å². The first-order chi connectivity index (χ1) is 29.7. The summed E-state index contributed by atoms with van der Waals surface area (Å²) in [6.45, 7) is 0. The van der Waals surface area contributed by atoms with Crippen LogP contribution in [0.5, 0.6) is 0 Å². The number of pyridine rings is 1. The van der Waals surface area contributed by atoms with Crippen LogP contribution in [0.15, 0.2) is 203 Å². The zero-order valence-electron chi connectivity index (χ0n) is 32.1. The normalized spacial score (nSPS) is 11.7. The van der Waals surface area contributed by atoms with Crippen molar-refractivity contribution in [3.05, 3.63) is 194 Å². The lowest BCUT2D eigenvalue weighted by Gasteiger charge is -2.12. The summed E-state index contributed by atoms with van der Waals surface area (Å²) in [6.07, 6.45) is 0. The van der Waals surface area contributed by atoms with Crippen molar-refractivity contribution in [2.24, 2.45) is 0 Å². The Morgan fingerprint density at radius 1 is 0.283 bits per heavy atom. The van der Waals surface area contributed by atoms with Crippen LogP contribution in [-0.4, -0.2) is 19.9 Å². The Hall–Kier alpha value is -8.22. The van der Waals surface area contributed by atoms with Crippen LogP contribution in [0.25, 0.3) is 122 Å². The number of nitrogens with zero attached hydrogens (tertiary/aromatic N) is 4.